The molecule has 0 spiro atoms. The summed E-state index contributed by atoms with van der Waals surface area (Å²) < 4.78 is 43.0. The molecule has 236 valence electrons. The number of halogens is 2. The maximum absolute atomic E-state index is 14.4. The number of carbonyl (C=O) groups is 2. The molecule has 0 saturated heterocycles. The van der Waals surface area contributed by atoms with Crippen molar-refractivity contribution in [2.24, 2.45) is 0 Å². The smallest absolute Gasteiger partial charge is 0.264 e. The van der Waals surface area contributed by atoms with Gasteiger partial charge < -0.3 is 10.2 Å². The highest BCUT2D eigenvalue weighted by Gasteiger charge is 2.35. The third-order valence-electron chi connectivity index (χ3n) is 7.52. The van der Waals surface area contributed by atoms with Gasteiger partial charge in [-0.25, -0.2) is 12.8 Å². The molecule has 2 atom stereocenters. The van der Waals surface area contributed by atoms with E-state index in [0.717, 1.165) is 15.4 Å². The van der Waals surface area contributed by atoms with Crippen LogP contribution in [0.4, 0.5) is 10.1 Å². The van der Waals surface area contributed by atoms with Crippen LogP contribution in [-0.4, -0.2) is 43.8 Å². The summed E-state index contributed by atoms with van der Waals surface area (Å²) in [6.07, 6.45) is 0.852. The van der Waals surface area contributed by atoms with E-state index in [4.69, 9.17) is 11.6 Å². The minimum atomic E-state index is -4.25. The molecule has 0 aliphatic carbocycles. The molecule has 45 heavy (non-hydrogen) atoms. The molecule has 10 heteroatoms. The normalized spacial score (nSPS) is 12.6. The Morgan fingerprint density at radius 1 is 0.889 bits per heavy atom. The first-order valence-electron chi connectivity index (χ1n) is 14.7. The van der Waals surface area contributed by atoms with Crippen LogP contribution in [0.2, 0.25) is 5.02 Å². The lowest BCUT2D eigenvalue weighted by Gasteiger charge is -2.34. The van der Waals surface area contributed by atoms with Gasteiger partial charge in [0.25, 0.3) is 10.0 Å². The van der Waals surface area contributed by atoms with Crippen LogP contribution in [0.1, 0.15) is 37.0 Å². The highest BCUT2D eigenvalue weighted by molar-refractivity contribution is 7.92. The number of amides is 2. The monoisotopic (exact) mass is 649 g/mol. The summed E-state index contributed by atoms with van der Waals surface area (Å²) >= 11 is 6.27. The Morgan fingerprint density at radius 2 is 1.56 bits per heavy atom. The second kappa shape index (κ2) is 15.2. The van der Waals surface area contributed by atoms with Crippen molar-refractivity contribution in [3.8, 4) is 0 Å². The fraction of sp³-hybridized carbons (Fsp3) is 0.257. The molecule has 0 bridgehead atoms. The van der Waals surface area contributed by atoms with Gasteiger partial charge in [-0.2, -0.15) is 0 Å². The van der Waals surface area contributed by atoms with Crippen molar-refractivity contribution in [2.45, 2.75) is 57.1 Å². The van der Waals surface area contributed by atoms with Crippen molar-refractivity contribution >= 4 is 39.1 Å². The van der Waals surface area contributed by atoms with Crippen molar-refractivity contribution in [1.29, 1.82) is 0 Å². The van der Waals surface area contributed by atoms with Gasteiger partial charge in [0.1, 0.15) is 18.4 Å². The fourth-order valence-electron chi connectivity index (χ4n) is 4.78. The molecule has 0 aromatic heterocycles. The van der Waals surface area contributed by atoms with Gasteiger partial charge in [-0.05, 0) is 73.9 Å². The van der Waals surface area contributed by atoms with Crippen molar-refractivity contribution in [3.63, 3.8) is 0 Å². The van der Waals surface area contributed by atoms with E-state index in [0.29, 0.717) is 17.0 Å². The summed E-state index contributed by atoms with van der Waals surface area (Å²) in [5.41, 5.74) is 2.47. The highest BCUT2D eigenvalue weighted by Crippen LogP contribution is 2.27. The lowest BCUT2D eigenvalue weighted by atomic mass is 10.0. The van der Waals surface area contributed by atoms with E-state index >= 15 is 0 Å². The standard InChI is InChI=1S/C35H37ClFN3O4S/c1-4-26(3)38-35(42)33(21-27-9-6-5-7-10-27)39(23-28-15-17-30(37)18-16-28)34(41)24-40(31-12-8-11-29(36)22-31)45(43,44)32-19-13-25(2)14-20-32/h5-20,22,26,33H,4,21,23-24H2,1-3H3,(H,38,42)/t26-,33-/m0/s1. The van der Waals surface area contributed by atoms with Crippen LogP contribution in [0.3, 0.4) is 0 Å². The number of nitrogens with one attached hydrogen (secondary N) is 1. The van der Waals surface area contributed by atoms with Crippen molar-refractivity contribution in [1.82, 2.24) is 10.2 Å². The van der Waals surface area contributed by atoms with E-state index < -0.39 is 34.3 Å². The number of hydrogen-bond acceptors (Lipinski definition) is 4. The Labute approximate surface area is 269 Å². The second-order valence-corrected chi connectivity index (χ2v) is 13.3. The van der Waals surface area contributed by atoms with Crippen molar-refractivity contribution < 1.29 is 22.4 Å². The van der Waals surface area contributed by atoms with Crippen LogP contribution in [0, 0.1) is 12.7 Å². The van der Waals surface area contributed by atoms with Crippen LogP contribution in [0.5, 0.6) is 0 Å². The molecule has 4 rings (SSSR count). The highest BCUT2D eigenvalue weighted by atomic mass is 35.5. The zero-order valence-corrected chi connectivity index (χ0v) is 27.1. The third-order valence-corrected chi connectivity index (χ3v) is 9.55. The molecule has 0 heterocycles. The van der Waals surface area contributed by atoms with Crippen molar-refractivity contribution in [3.05, 3.63) is 131 Å². The van der Waals surface area contributed by atoms with Gasteiger partial charge in [0.2, 0.25) is 11.8 Å². The third kappa shape index (κ3) is 8.93. The van der Waals surface area contributed by atoms with E-state index in [1.165, 1.54) is 35.2 Å². The maximum Gasteiger partial charge on any atom is 0.264 e. The Balaban J connectivity index is 1.80. The van der Waals surface area contributed by atoms with Crippen LogP contribution in [0.25, 0.3) is 0 Å². The minimum Gasteiger partial charge on any atom is -0.352 e. The minimum absolute atomic E-state index is 0.00121. The number of benzene rings is 4. The fourth-order valence-corrected chi connectivity index (χ4v) is 6.37. The first kappa shape index (κ1) is 33.7. The molecular weight excluding hydrogens is 613 g/mol. The number of nitrogens with zero attached hydrogens (tertiary/aromatic N) is 2. The summed E-state index contributed by atoms with van der Waals surface area (Å²) in [6.45, 7) is 4.99. The Bertz CT molecular complexity index is 1700. The van der Waals surface area contributed by atoms with Gasteiger partial charge in [0.05, 0.1) is 10.6 Å². The Morgan fingerprint density at radius 3 is 2.18 bits per heavy atom. The lowest BCUT2D eigenvalue weighted by molar-refractivity contribution is -0.140. The number of rotatable bonds is 13. The van der Waals surface area contributed by atoms with Crippen LogP contribution in [0.15, 0.2) is 108 Å². The maximum atomic E-state index is 14.4. The van der Waals surface area contributed by atoms with E-state index in [9.17, 15) is 22.4 Å². The summed E-state index contributed by atoms with van der Waals surface area (Å²) in [5.74, 6) is -1.43. The molecule has 7 nitrogen and oxygen atoms in total. The average molecular weight is 650 g/mol. The summed E-state index contributed by atoms with van der Waals surface area (Å²) in [4.78, 5) is 29.7. The largest absolute Gasteiger partial charge is 0.352 e. The van der Waals surface area contributed by atoms with Crippen LogP contribution < -0.4 is 9.62 Å². The van der Waals surface area contributed by atoms with Crippen molar-refractivity contribution in [2.75, 3.05) is 10.8 Å². The van der Waals surface area contributed by atoms with E-state index in [2.05, 4.69) is 5.32 Å². The van der Waals surface area contributed by atoms with E-state index in [-0.39, 0.29) is 35.5 Å². The first-order valence-corrected chi connectivity index (χ1v) is 16.5. The van der Waals surface area contributed by atoms with Gasteiger partial charge in [0, 0.05) is 24.0 Å². The average Bonchev–Trinajstić information content (AvgIpc) is 3.02. The zero-order valence-electron chi connectivity index (χ0n) is 25.5. The molecule has 0 aliphatic rings. The van der Waals surface area contributed by atoms with E-state index in [1.54, 1.807) is 42.5 Å². The Hall–Kier alpha value is -4.21. The van der Waals surface area contributed by atoms with Gasteiger partial charge in [-0.3, -0.25) is 13.9 Å². The summed E-state index contributed by atoms with van der Waals surface area (Å²) in [6, 6.07) is 26.4. The predicted molar refractivity (Wildman–Crippen MR) is 176 cm³/mol. The molecule has 0 saturated carbocycles. The zero-order chi connectivity index (χ0) is 32.6. The molecule has 0 radical (unpaired) electrons. The number of anilines is 1. The van der Waals surface area contributed by atoms with E-state index in [1.807, 2.05) is 51.1 Å². The van der Waals surface area contributed by atoms with Gasteiger partial charge in [-0.1, -0.05) is 84.8 Å². The number of carbonyl (C=O) groups excluding carboxylic acids is 2. The topological polar surface area (TPSA) is 86.8 Å². The molecule has 1 N–H and O–H groups in total. The summed E-state index contributed by atoms with van der Waals surface area (Å²) in [5, 5.41) is 3.29. The number of sulfonamides is 1. The Kier molecular flexibility index (Phi) is 11.4. The molecule has 0 unspecified atom stereocenters. The molecule has 0 aliphatic heterocycles. The number of aryl methyl sites for hydroxylation is 1. The SMILES string of the molecule is CC[C@H](C)NC(=O)[C@H](Cc1ccccc1)N(Cc1ccc(F)cc1)C(=O)CN(c1cccc(Cl)c1)S(=O)(=O)c1ccc(C)cc1. The summed E-state index contributed by atoms with van der Waals surface area (Å²) in [7, 11) is -4.25. The molecule has 4 aromatic carbocycles. The molecule has 4 aromatic rings. The second-order valence-electron chi connectivity index (χ2n) is 11.0. The lowest BCUT2D eigenvalue weighted by Crippen LogP contribution is -2.54. The van der Waals surface area contributed by atoms with Crippen LogP contribution >= 0.6 is 11.6 Å². The quantitative estimate of drug-likeness (QED) is 0.178. The van der Waals surface area contributed by atoms with Gasteiger partial charge >= 0.3 is 0 Å². The first-order chi connectivity index (χ1) is 21.5. The molecular formula is C35H37ClFN3O4S. The molecule has 0 fully saturated rings. The van der Waals surface area contributed by atoms with Gasteiger partial charge in [0.15, 0.2) is 0 Å². The predicted octanol–water partition coefficient (Wildman–Crippen LogP) is 6.54. The number of hydrogen-bond donors (Lipinski definition) is 1. The van der Waals surface area contributed by atoms with Crippen LogP contribution in [-0.2, 0) is 32.6 Å². The molecule has 2 amide bonds. The van der Waals surface area contributed by atoms with Gasteiger partial charge in [-0.15, -0.1) is 0 Å².